The summed E-state index contributed by atoms with van der Waals surface area (Å²) in [5, 5.41) is 0. The van der Waals surface area contributed by atoms with Gasteiger partial charge in [0.05, 0.1) is 19.3 Å². The summed E-state index contributed by atoms with van der Waals surface area (Å²) in [7, 11) is 3.99. The summed E-state index contributed by atoms with van der Waals surface area (Å²) in [6.07, 6.45) is 2.70. The van der Waals surface area contributed by atoms with E-state index in [2.05, 4.69) is 24.8 Å². The minimum absolute atomic E-state index is 0.160. The molecule has 3 aromatic heterocycles. The van der Waals surface area contributed by atoms with Crippen LogP contribution in [0.3, 0.4) is 0 Å². The highest BCUT2D eigenvalue weighted by atomic mass is 19.1. The van der Waals surface area contributed by atoms with Crippen molar-refractivity contribution in [3.05, 3.63) is 54.1 Å². The quantitative estimate of drug-likeness (QED) is 0.414. The molecular weight excluding hydrogens is 425 g/mol. The van der Waals surface area contributed by atoms with Gasteiger partial charge in [0.2, 0.25) is 0 Å². The van der Waals surface area contributed by atoms with Gasteiger partial charge in [-0.05, 0) is 44.8 Å². The van der Waals surface area contributed by atoms with E-state index >= 15 is 0 Å². The van der Waals surface area contributed by atoms with Crippen LogP contribution in [-0.4, -0.2) is 63.3 Å². The second kappa shape index (κ2) is 9.78. The van der Waals surface area contributed by atoms with E-state index in [1.54, 1.807) is 6.20 Å². The zero-order valence-corrected chi connectivity index (χ0v) is 18.8. The van der Waals surface area contributed by atoms with Crippen LogP contribution in [0.2, 0.25) is 0 Å². The van der Waals surface area contributed by atoms with Crippen molar-refractivity contribution >= 4 is 17.0 Å². The van der Waals surface area contributed by atoms with Gasteiger partial charge in [0, 0.05) is 18.3 Å². The lowest BCUT2D eigenvalue weighted by atomic mass is 10.2. The molecule has 0 spiro atoms. The van der Waals surface area contributed by atoms with Crippen LogP contribution in [0.5, 0.6) is 11.8 Å². The number of nitrogens with two attached hydrogens (primary N) is 1. The first-order valence-electron chi connectivity index (χ1n) is 10.6. The number of hydrogen-bond acceptors (Lipinski definition) is 8. The van der Waals surface area contributed by atoms with Gasteiger partial charge in [0.1, 0.15) is 24.0 Å². The van der Waals surface area contributed by atoms with E-state index in [-0.39, 0.29) is 11.8 Å². The van der Waals surface area contributed by atoms with Gasteiger partial charge in [-0.15, -0.1) is 0 Å². The maximum atomic E-state index is 13.9. The molecule has 0 amide bonds. The Labute approximate surface area is 191 Å². The first kappa shape index (κ1) is 22.4. The van der Waals surface area contributed by atoms with Crippen molar-refractivity contribution < 1.29 is 13.9 Å². The second-order valence-electron chi connectivity index (χ2n) is 7.71. The van der Waals surface area contributed by atoms with Crippen LogP contribution in [0, 0.1) is 5.82 Å². The number of nitrogen functional groups attached to an aromatic ring is 1. The predicted octanol–water partition coefficient (Wildman–Crippen LogP) is 3.00. The number of hydrogen-bond donors (Lipinski definition) is 1. The molecule has 0 fully saturated rings. The maximum Gasteiger partial charge on any atom is 0.320 e. The Kier molecular flexibility index (Phi) is 6.64. The average Bonchev–Trinajstić information content (AvgIpc) is 3.13. The van der Waals surface area contributed by atoms with Gasteiger partial charge in [-0.25, -0.2) is 9.37 Å². The Balaban J connectivity index is 1.77. The molecule has 172 valence electrons. The molecule has 33 heavy (non-hydrogen) atoms. The van der Waals surface area contributed by atoms with Crippen molar-refractivity contribution in [3.63, 3.8) is 0 Å². The molecule has 0 unspecified atom stereocenters. The van der Waals surface area contributed by atoms with Crippen LogP contribution in [0.1, 0.15) is 12.5 Å². The topological polar surface area (TPSA) is 104 Å². The average molecular weight is 452 g/mol. The lowest BCUT2D eigenvalue weighted by Crippen LogP contribution is -2.19. The van der Waals surface area contributed by atoms with Gasteiger partial charge in [-0.3, -0.25) is 4.98 Å². The Morgan fingerprint density at radius 1 is 1.09 bits per heavy atom. The highest BCUT2D eigenvalue weighted by Gasteiger charge is 2.19. The highest BCUT2D eigenvalue weighted by Crippen LogP contribution is 2.29. The number of pyridine rings is 1. The summed E-state index contributed by atoms with van der Waals surface area (Å²) in [5.74, 6) is 0.965. The van der Waals surface area contributed by atoms with E-state index in [1.165, 1.54) is 6.07 Å². The van der Waals surface area contributed by atoms with E-state index < -0.39 is 5.82 Å². The first-order valence-corrected chi connectivity index (χ1v) is 10.6. The van der Waals surface area contributed by atoms with Crippen LogP contribution in [0.25, 0.3) is 22.6 Å². The van der Waals surface area contributed by atoms with E-state index in [0.29, 0.717) is 42.3 Å². The Morgan fingerprint density at radius 3 is 2.70 bits per heavy atom. The number of likely N-dealkylation sites (N-methyl/N-ethyl adjacent to an activating group) is 1. The van der Waals surface area contributed by atoms with Crippen molar-refractivity contribution in [2.75, 3.05) is 39.6 Å². The zero-order valence-electron chi connectivity index (χ0n) is 18.8. The van der Waals surface area contributed by atoms with E-state index in [0.717, 1.165) is 24.1 Å². The number of fused-ring (bicyclic) bond motifs is 1. The van der Waals surface area contributed by atoms with Gasteiger partial charge in [0.15, 0.2) is 17.0 Å². The van der Waals surface area contributed by atoms with Gasteiger partial charge in [0.25, 0.3) is 0 Å². The molecule has 10 heteroatoms. The van der Waals surface area contributed by atoms with E-state index in [9.17, 15) is 4.39 Å². The van der Waals surface area contributed by atoms with Crippen LogP contribution >= 0.6 is 0 Å². The maximum absolute atomic E-state index is 13.9. The van der Waals surface area contributed by atoms with E-state index in [1.807, 2.05) is 49.9 Å². The molecule has 0 bridgehead atoms. The van der Waals surface area contributed by atoms with Gasteiger partial charge < -0.3 is 24.7 Å². The molecule has 4 aromatic rings. The Hall–Kier alpha value is -3.79. The SMILES string of the molecule is CCOc1nc(N)c2nc(-c3cncc(F)c3)n(Cc3cccc(OCCN(C)C)c3)c2n1. The van der Waals surface area contributed by atoms with Crippen LogP contribution in [0.15, 0.2) is 42.7 Å². The zero-order chi connectivity index (χ0) is 23.4. The van der Waals surface area contributed by atoms with Crippen molar-refractivity contribution in [2.24, 2.45) is 0 Å². The number of halogens is 1. The Morgan fingerprint density at radius 2 is 1.94 bits per heavy atom. The fourth-order valence-electron chi connectivity index (χ4n) is 3.36. The van der Waals surface area contributed by atoms with Crippen LogP contribution in [-0.2, 0) is 6.54 Å². The number of rotatable bonds is 9. The van der Waals surface area contributed by atoms with Crippen LogP contribution in [0.4, 0.5) is 10.2 Å². The smallest absolute Gasteiger partial charge is 0.320 e. The van der Waals surface area contributed by atoms with Gasteiger partial charge in [-0.2, -0.15) is 9.97 Å². The van der Waals surface area contributed by atoms with E-state index in [4.69, 9.17) is 15.2 Å². The molecule has 4 rings (SSSR count). The third-order valence-electron chi connectivity index (χ3n) is 4.88. The standard InChI is InChI=1S/C23H26FN7O2/c1-4-32-23-28-20(25)19-22(29-23)31(21(27-19)16-11-17(24)13-26-12-16)14-15-6-5-7-18(10-15)33-9-8-30(2)3/h5-7,10-13H,4,8-9,14H2,1-3H3,(H2,25,28,29). The van der Waals surface area contributed by atoms with Gasteiger partial charge in [-0.1, -0.05) is 12.1 Å². The van der Waals surface area contributed by atoms with Gasteiger partial charge >= 0.3 is 6.01 Å². The number of ether oxygens (including phenoxy) is 2. The summed E-state index contributed by atoms with van der Waals surface area (Å²) in [6.45, 7) is 4.02. The third kappa shape index (κ3) is 5.17. The van der Waals surface area contributed by atoms with Crippen molar-refractivity contribution in [1.82, 2.24) is 29.4 Å². The molecule has 0 radical (unpaired) electrons. The molecule has 9 nitrogen and oxygen atoms in total. The van der Waals surface area contributed by atoms with Crippen molar-refractivity contribution in [1.29, 1.82) is 0 Å². The molecule has 3 heterocycles. The number of nitrogens with zero attached hydrogens (tertiary/aromatic N) is 6. The molecule has 0 atom stereocenters. The summed E-state index contributed by atoms with van der Waals surface area (Å²) in [5.41, 5.74) is 8.52. The third-order valence-corrected chi connectivity index (χ3v) is 4.88. The minimum Gasteiger partial charge on any atom is -0.492 e. The Bertz CT molecular complexity index is 1260. The predicted molar refractivity (Wildman–Crippen MR) is 124 cm³/mol. The fourth-order valence-corrected chi connectivity index (χ4v) is 3.36. The number of aromatic nitrogens is 5. The van der Waals surface area contributed by atoms with Crippen LogP contribution < -0.4 is 15.2 Å². The number of anilines is 1. The number of benzene rings is 1. The molecular formula is C23H26FN7O2. The summed E-state index contributed by atoms with van der Waals surface area (Å²) < 4.78 is 27.1. The number of imidazole rings is 1. The second-order valence-corrected chi connectivity index (χ2v) is 7.71. The fraction of sp³-hybridized carbons (Fsp3) is 0.304. The molecule has 0 aliphatic rings. The minimum atomic E-state index is -0.462. The normalized spacial score (nSPS) is 11.3. The summed E-state index contributed by atoms with van der Waals surface area (Å²) >= 11 is 0. The molecule has 1 aromatic carbocycles. The molecule has 0 saturated heterocycles. The lowest BCUT2D eigenvalue weighted by Gasteiger charge is -2.13. The van der Waals surface area contributed by atoms with Crippen molar-refractivity contribution in [3.8, 4) is 23.1 Å². The molecule has 2 N–H and O–H groups in total. The molecule has 0 aliphatic heterocycles. The van der Waals surface area contributed by atoms with Crippen molar-refractivity contribution in [2.45, 2.75) is 13.5 Å². The highest BCUT2D eigenvalue weighted by molar-refractivity contribution is 5.85. The first-order chi connectivity index (χ1) is 15.9. The molecule has 0 aliphatic carbocycles. The largest absolute Gasteiger partial charge is 0.492 e. The lowest BCUT2D eigenvalue weighted by molar-refractivity contribution is 0.261. The summed E-state index contributed by atoms with van der Waals surface area (Å²) in [4.78, 5) is 19.3. The monoisotopic (exact) mass is 451 g/mol. The molecule has 0 saturated carbocycles. The summed E-state index contributed by atoms with van der Waals surface area (Å²) in [6, 6.07) is 9.31.